The number of hydrogen-bond acceptors (Lipinski definition) is 7. The van der Waals surface area contributed by atoms with Gasteiger partial charge in [-0.3, -0.25) is 9.36 Å². The number of imidazole rings is 1. The van der Waals surface area contributed by atoms with Gasteiger partial charge in [0.25, 0.3) is 5.56 Å². The number of fused-ring (bicyclic) bond motifs is 1. The number of aromatic nitrogens is 6. The van der Waals surface area contributed by atoms with Gasteiger partial charge in [0.1, 0.15) is 29.5 Å². The molecule has 1 aliphatic rings. The lowest BCUT2D eigenvalue weighted by atomic mass is 10.00. The van der Waals surface area contributed by atoms with Gasteiger partial charge in [-0.1, -0.05) is 16.8 Å². The van der Waals surface area contributed by atoms with Crippen LogP contribution in [0.25, 0.3) is 11.2 Å². The Kier molecular flexibility index (Phi) is 4.78. The molecule has 0 bridgehead atoms. The SMILES string of the molecule is Cn1cnc2ncn(Cc3nc([C@@H]4CO[C@@H](c5cc(F)c(Cl)c(F)c5)C4)no3)c(=O)c21. The van der Waals surface area contributed by atoms with E-state index in [9.17, 15) is 13.6 Å². The summed E-state index contributed by atoms with van der Waals surface area (Å²) in [6, 6.07) is 2.32. The summed E-state index contributed by atoms with van der Waals surface area (Å²) in [5.74, 6) is -1.27. The minimum Gasteiger partial charge on any atom is -0.373 e. The molecule has 1 fully saturated rings. The Labute approximate surface area is 178 Å². The standard InChI is InChI=1S/C19H15ClF2N6O3/c1-27-7-23-18-16(27)19(29)28(8-24-18)5-14-25-17(26-31-14)10-4-13(30-6-10)9-2-11(21)15(20)12(22)3-9/h2-3,7-8,10,13H,4-6H2,1H3/t10-,13+/m0/s1. The molecule has 3 aromatic heterocycles. The molecule has 0 aliphatic carbocycles. The van der Waals surface area contributed by atoms with E-state index in [1.807, 2.05) is 0 Å². The summed E-state index contributed by atoms with van der Waals surface area (Å²) in [5, 5.41) is 3.44. The van der Waals surface area contributed by atoms with E-state index < -0.39 is 22.8 Å². The number of benzene rings is 1. The minimum absolute atomic E-state index is 0.0462. The molecule has 0 unspecified atom stereocenters. The first kappa shape index (κ1) is 19.8. The van der Waals surface area contributed by atoms with E-state index in [2.05, 4.69) is 20.1 Å². The van der Waals surface area contributed by atoms with Crippen LogP contribution in [-0.4, -0.2) is 35.8 Å². The lowest BCUT2D eigenvalue weighted by Crippen LogP contribution is -2.22. The van der Waals surface area contributed by atoms with E-state index in [1.54, 1.807) is 11.6 Å². The molecule has 31 heavy (non-hydrogen) atoms. The number of hydrogen-bond donors (Lipinski definition) is 0. The summed E-state index contributed by atoms with van der Waals surface area (Å²) in [5.41, 5.74) is 0.810. The van der Waals surface area contributed by atoms with Crippen LogP contribution in [0.5, 0.6) is 0 Å². The maximum absolute atomic E-state index is 13.8. The smallest absolute Gasteiger partial charge is 0.280 e. The van der Waals surface area contributed by atoms with Gasteiger partial charge in [0, 0.05) is 13.0 Å². The van der Waals surface area contributed by atoms with Gasteiger partial charge in [0.2, 0.25) is 5.89 Å². The maximum Gasteiger partial charge on any atom is 0.280 e. The second kappa shape index (κ2) is 7.50. The molecule has 1 aliphatic heterocycles. The molecule has 4 heterocycles. The molecule has 2 atom stereocenters. The van der Waals surface area contributed by atoms with Crippen LogP contribution in [0.15, 0.2) is 34.1 Å². The highest BCUT2D eigenvalue weighted by atomic mass is 35.5. The van der Waals surface area contributed by atoms with Gasteiger partial charge < -0.3 is 13.8 Å². The lowest BCUT2D eigenvalue weighted by molar-refractivity contribution is 0.109. The number of aryl methyl sites for hydroxylation is 1. The highest BCUT2D eigenvalue weighted by molar-refractivity contribution is 6.30. The molecule has 1 aromatic carbocycles. The van der Waals surface area contributed by atoms with Gasteiger partial charge in [-0.05, 0) is 24.1 Å². The third-order valence-corrected chi connectivity index (χ3v) is 5.59. The zero-order chi connectivity index (χ0) is 21.7. The van der Waals surface area contributed by atoms with Gasteiger partial charge in [-0.25, -0.2) is 18.7 Å². The zero-order valence-electron chi connectivity index (χ0n) is 16.1. The molecule has 12 heteroatoms. The molecule has 5 rings (SSSR count). The van der Waals surface area contributed by atoms with E-state index in [0.29, 0.717) is 29.0 Å². The molecule has 4 aromatic rings. The lowest BCUT2D eigenvalue weighted by Gasteiger charge is -2.10. The van der Waals surface area contributed by atoms with Crippen LogP contribution < -0.4 is 5.56 Å². The van der Waals surface area contributed by atoms with Gasteiger partial charge in [0.15, 0.2) is 17.0 Å². The number of ether oxygens (including phenoxy) is 1. The highest BCUT2D eigenvalue weighted by Crippen LogP contribution is 2.38. The second-order valence-electron chi connectivity index (χ2n) is 7.30. The van der Waals surface area contributed by atoms with Crippen molar-refractivity contribution >= 4 is 22.8 Å². The fraction of sp³-hybridized carbons (Fsp3) is 0.316. The predicted molar refractivity (Wildman–Crippen MR) is 104 cm³/mol. The van der Waals surface area contributed by atoms with Crippen LogP contribution in [0.1, 0.15) is 35.7 Å². The molecule has 9 nitrogen and oxygen atoms in total. The van der Waals surface area contributed by atoms with Crippen molar-refractivity contribution in [3.8, 4) is 0 Å². The van der Waals surface area contributed by atoms with Crippen LogP contribution in [-0.2, 0) is 18.3 Å². The number of rotatable bonds is 4. The van der Waals surface area contributed by atoms with Crippen molar-refractivity contribution in [1.82, 2.24) is 29.2 Å². The molecule has 160 valence electrons. The Balaban J connectivity index is 1.33. The van der Waals surface area contributed by atoms with Crippen LogP contribution in [0.4, 0.5) is 8.78 Å². The Morgan fingerprint density at radius 3 is 2.74 bits per heavy atom. The largest absolute Gasteiger partial charge is 0.373 e. The third kappa shape index (κ3) is 3.49. The van der Waals surface area contributed by atoms with Crippen LogP contribution in [0.3, 0.4) is 0 Å². The average molecular weight is 449 g/mol. The Hall–Kier alpha value is -3.18. The second-order valence-corrected chi connectivity index (χ2v) is 7.68. The van der Waals surface area contributed by atoms with E-state index >= 15 is 0 Å². The Morgan fingerprint density at radius 1 is 1.23 bits per heavy atom. The quantitative estimate of drug-likeness (QED) is 0.442. The first-order valence-corrected chi connectivity index (χ1v) is 9.73. The molecule has 0 N–H and O–H groups in total. The van der Waals surface area contributed by atoms with Gasteiger partial charge in [0.05, 0.1) is 19.0 Å². The van der Waals surface area contributed by atoms with E-state index in [4.69, 9.17) is 20.9 Å². The maximum atomic E-state index is 13.8. The monoisotopic (exact) mass is 448 g/mol. The van der Waals surface area contributed by atoms with Crippen molar-refractivity contribution < 1.29 is 18.0 Å². The summed E-state index contributed by atoms with van der Waals surface area (Å²) < 4.78 is 41.4. The zero-order valence-corrected chi connectivity index (χ0v) is 16.9. The fourth-order valence-corrected chi connectivity index (χ4v) is 3.74. The Morgan fingerprint density at radius 2 is 1.97 bits per heavy atom. The van der Waals surface area contributed by atoms with Crippen molar-refractivity contribution in [2.45, 2.75) is 25.0 Å². The predicted octanol–water partition coefficient (Wildman–Crippen LogP) is 2.74. The molecular weight excluding hydrogens is 434 g/mol. The summed E-state index contributed by atoms with van der Waals surface area (Å²) in [6.07, 6.45) is 2.79. The topological polar surface area (TPSA) is 101 Å². The van der Waals surface area contributed by atoms with Crippen molar-refractivity contribution in [2.75, 3.05) is 6.61 Å². The molecule has 1 saturated heterocycles. The molecule has 0 amide bonds. The molecule has 0 spiro atoms. The number of nitrogens with zero attached hydrogens (tertiary/aromatic N) is 6. The van der Waals surface area contributed by atoms with E-state index in [0.717, 1.165) is 12.1 Å². The van der Waals surface area contributed by atoms with Crippen molar-refractivity contribution in [3.05, 3.63) is 69.1 Å². The number of halogens is 3. The molecule has 0 radical (unpaired) electrons. The van der Waals surface area contributed by atoms with Gasteiger partial charge >= 0.3 is 0 Å². The van der Waals surface area contributed by atoms with Gasteiger partial charge in [-0.2, -0.15) is 4.98 Å². The third-order valence-electron chi connectivity index (χ3n) is 5.23. The fourth-order valence-electron chi connectivity index (χ4n) is 3.63. The summed E-state index contributed by atoms with van der Waals surface area (Å²) in [4.78, 5) is 25.2. The first-order valence-electron chi connectivity index (χ1n) is 9.35. The van der Waals surface area contributed by atoms with E-state index in [-0.39, 0.29) is 30.5 Å². The molecular formula is C19H15ClF2N6O3. The summed E-state index contributed by atoms with van der Waals surface area (Å²) >= 11 is 5.54. The van der Waals surface area contributed by atoms with Crippen LogP contribution in [0.2, 0.25) is 5.02 Å². The van der Waals surface area contributed by atoms with Crippen molar-refractivity contribution in [3.63, 3.8) is 0 Å². The van der Waals surface area contributed by atoms with Gasteiger partial charge in [-0.15, -0.1) is 0 Å². The van der Waals surface area contributed by atoms with Crippen LogP contribution >= 0.6 is 11.6 Å². The normalized spacial score (nSPS) is 18.8. The minimum atomic E-state index is -0.838. The summed E-state index contributed by atoms with van der Waals surface area (Å²) in [7, 11) is 1.71. The van der Waals surface area contributed by atoms with Crippen molar-refractivity contribution in [1.29, 1.82) is 0 Å². The highest BCUT2D eigenvalue weighted by Gasteiger charge is 2.32. The first-order chi connectivity index (χ1) is 14.9. The van der Waals surface area contributed by atoms with Crippen molar-refractivity contribution in [2.24, 2.45) is 7.05 Å². The molecule has 0 saturated carbocycles. The Bertz CT molecular complexity index is 1330. The van der Waals surface area contributed by atoms with E-state index in [1.165, 1.54) is 17.2 Å². The summed E-state index contributed by atoms with van der Waals surface area (Å²) in [6.45, 7) is 0.308. The average Bonchev–Trinajstić information content (AvgIpc) is 3.48. The van der Waals surface area contributed by atoms with Crippen LogP contribution in [0, 0.1) is 11.6 Å².